The van der Waals surface area contributed by atoms with Crippen molar-refractivity contribution >= 4 is 40.2 Å². The van der Waals surface area contributed by atoms with Gasteiger partial charge in [0.1, 0.15) is 17.4 Å². The maximum Gasteiger partial charge on any atom is 0.226 e. The van der Waals surface area contributed by atoms with Crippen LogP contribution in [-0.4, -0.2) is 24.0 Å². The number of carbonyl (C=O) groups is 1. The summed E-state index contributed by atoms with van der Waals surface area (Å²) in [5, 5.41) is 8.36. The molecule has 2 heterocycles. The van der Waals surface area contributed by atoms with E-state index in [0.717, 1.165) is 15.6 Å². The lowest BCUT2D eigenvalue weighted by Crippen LogP contribution is -2.29. The lowest BCUT2D eigenvalue weighted by molar-refractivity contribution is -0.120. The van der Waals surface area contributed by atoms with Crippen LogP contribution in [0.3, 0.4) is 0 Å². The van der Waals surface area contributed by atoms with Crippen LogP contribution in [0, 0.1) is 0 Å². The summed E-state index contributed by atoms with van der Waals surface area (Å²) in [6.07, 6.45) is 0.277. The molecule has 1 aromatic carbocycles. The molecular weight excluding hydrogens is 364 g/mol. The number of hydrogen-bond acceptors (Lipinski definition) is 5. The molecule has 2 aromatic heterocycles. The summed E-state index contributed by atoms with van der Waals surface area (Å²) < 4.78 is 5.53. The van der Waals surface area contributed by atoms with Gasteiger partial charge in [0.2, 0.25) is 5.91 Å². The zero-order valence-corrected chi connectivity index (χ0v) is 15.1. The Bertz CT molecular complexity index is 803. The van der Waals surface area contributed by atoms with Crippen molar-refractivity contribution in [2.75, 3.05) is 13.2 Å². The number of ether oxygens (including phenoxy) is 1. The first-order valence-electron chi connectivity index (χ1n) is 7.34. The average Bonchev–Trinajstić information content (AvgIpc) is 3.23. The molecule has 7 heteroatoms. The van der Waals surface area contributed by atoms with Gasteiger partial charge >= 0.3 is 0 Å². The molecule has 1 amide bonds. The van der Waals surface area contributed by atoms with E-state index >= 15 is 0 Å². The van der Waals surface area contributed by atoms with Gasteiger partial charge < -0.3 is 10.1 Å². The molecule has 0 spiro atoms. The molecule has 3 rings (SSSR count). The average molecular weight is 379 g/mol. The number of nitrogens with one attached hydrogen (secondary N) is 1. The Morgan fingerprint density at radius 2 is 2.17 bits per heavy atom. The second-order valence-electron chi connectivity index (χ2n) is 4.95. The molecular formula is C17H15ClN2O2S2. The molecule has 0 saturated carbocycles. The summed E-state index contributed by atoms with van der Waals surface area (Å²) in [5.74, 6) is 0.629. The van der Waals surface area contributed by atoms with Crippen LogP contribution in [0.2, 0.25) is 5.02 Å². The summed E-state index contributed by atoms with van der Waals surface area (Å²) >= 11 is 9.09. The highest BCUT2D eigenvalue weighted by molar-refractivity contribution is 7.20. The van der Waals surface area contributed by atoms with Crippen molar-refractivity contribution < 1.29 is 9.53 Å². The number of rotatable bonds is 7. The van der Waals surface area contributed by atoms with Gasteiger partial charge in [0, 0.05) is 10.4 Å². The van der Waals surface area contributed by atoms with Crippen molar-refractivity contribution in [2.45, 2.75) is 6.42 Å². The Morgan fingerprint density at radius 1 is 1.25 bits per heavy atom. The van der Waals surface area contributed by atoms with Crippen molar-refractivity contribution in [1.82, 2.24) is 10.3 Å². The van der Waals surface area contributed by atoms with E-state index in [1.165, 1.54) is 0 Å². The first kappa shape index (κ1) is 17.0. The van der Waals surface area contributed by atoms with Gasteiger partial charge in [0.15, 0.2) is 0 Å². The molecule has 4 nitrogen and oxygen atoms in total. The van der Waals surface area contributed by atoms with Gasteiger partial charge in [-0.2, -0.15) is 0 Å². The molecule has 0 unspecified atom stereocenters. The number of benzene rings is 1. The number of aromatic nitrogens is 1. The molecule has 3 aromatic rings. The van der Waals surface area contributed by atoms with Crippen LogP contribution in [0.15, 0.2) is 47.2 Å². The number of nitrogens with zero attached hydrogens (tertiary/aromatic N) is 1. The van der Waals surface area contributed by atoms with E-state index in [-0.39, 0.29) is 12.3 Å². The molecule has 1 N–H and O–H groups in total. The highest BCUT2D eigenvalue weighted by atomic mass is 35.5. The van der Waals surface area contributed by atoms with E-state index in [9.17, 15) is 4.79 Å². The number of thiazole rings is 1. The number of carbonyl (C=O) groups excluding carboxylic acids is 1. The minimum Gasteiger partial charge on any atom is -0.492 e. The van der Waals surface area contributed by atoms with Crippen LogP contribution in [0.4, 0.5) is 0 Å². The monoisotopic (exact) mass is 378 g/mol. The van der Waals surface area contributed by atoms with Gasteiger partial charge in [0.05, 0.1) is 23.5 Å². The van der Waals surface area contributed by atoms with Crippen LogP contribution < -0.4 is 10.1 Å². The van der Waals surface area contributed by atoms with Crippen LogP contribution in [0.5, 0.6) is 5.75 Å². The van der Waals surface area contributed by atoms with Gasteiger partial charge in [0.25, 0.3) is 0 Å². The third kappa shape index (κ3) is 4.80. The smallest absolute Gasteiger partial charge is 0.226 e. The van der Waals surface area contributed by atoms with E-state index < -0.39 is 0 Å². The Kier molecular flexibility index (Phi) is 5.85. The summed E-state index contributed by atoms with van der Waals surface area (Å²) in [7, 11) is 0. The molecule has 124 valence electrons. The predicted molar refractivity (Wildman–Crippen MR) is 99.1 cm³/mol. The van der Waals surface area contributed by atoms with E-state index in [2.05, 4.69) is 10.3 Å². The van der Waals surface area contributed by atoms with Crippen LogP contribution in [-0.2, 0) is 11.2 Å². The van der Waals surface area contributed by atoms with E-state index in [4.69, 9.17) is 16.3 Å². The lowest BCUT2D eigenvalue weighted by atomic mass is 10.3. The Labute approximate surface area is 153 Å². The zero-order chi connectivity index (χ0) is 16.8. The SMILES string of the molecule is O=C(Cc1csc(-c2cccs2)n1)NCCOc1cccc(Cl)c1. The third-order valence-electron chi connectivity index (χ3n) is 3.11. The molecule has 0 aliphatic carbocycles. The fraction of sp³-hybridized carbons (Fsp3) is 0.176. The van der Waals surface area contributed by atoms with Crippen molar-refractivity contribution in [3.05, 3.63) is 57.9 Å². The molecule has 0 atom stereocenters. The van der Waals surface area contributed by atoms with E-state index in [1.807, 2.05) is 35.0 Å². The first-order chi connectivity index (χ1) is 11.7. The number of halogens is 1. The first-order valence-corrected chi connectivity index (χ1v) is 9.48. The van der Waals surface area contributed by atoms with Crippen molar-refractivity contribution in [2.24, 2.45) is 0 Å². The Morgan fingerprint density at radius 3 is 2.96 bits per heavy atom. The summed E-state index contributed by atoms with van der Waals surface area (Å²) in [6.45, 7) is 0.830. The van der Waals surface area contributed by atoms with Gasteiger partial charge in [-0.3, -0.25) is 4.79 Å². The van der Waals surface area contributed by atoms with E-state index in [0.29, 0.717) is 23.9 Å². The molecule has 24 heavy (non-hydrogen) atoms. The molecule has 0 saturated heterocycles. The van der Waals surface area contributed by atoms with Gasteiger partial charge in [-0.25, -0.2) is 4.98 Å². The summed E-state index contributed by atoms with van der Waals surface area (Å²) in [5.41, 5.74) is 0.789. The fourth-order valence-corrected chi connectivity index (χ4v) is 3.86. The van der Waals surface area contributed by atoms with Gasteiger partial charge in [-0.05, 0) is 29.6 Å². The maximum atomic E-state index is 12.0. The highest BCUT2D eigenvalue weighted by Gasteiger charge is 2.09. The van der Waals surface area contributed by atoms with Gasteiger partial charge in [-0.1, -0.05) is 23.7 Å². The van der Waals surface area contributed by atoms with Crippen LogP contribution >= 0.6 is 34.3 Å². The lowest BCUT2D eigenvalue weighted by Gasteiger charge is -2.07. The van der Waals surface area contributed by atoms with Crippen LogP contribution in [0.1, 0.15) is 5.69 Å². The Hall–Kier alpha value is -1.89. The largest absolute Gasteiger partial charge is 0.492 e. The second kappa shape index (κ2) is 8.28. The topological polar surface area (TPSA) is 51.2 Å². The number of hydrogen-bond donors (Lipinski definition) is 1. The maximum absolute atomic E-state index is 12.0. The zero-order valence-electron chi connectivity index (χ0n) is 12.7. The highest BCUT2D eigenvalue weighted by Crippen LogP contribution is 2.27. The second-order valence-corrected chi connectivity index (χ2v) is 7.20. The third-order valence-corrected chi connectivity index (χ3v) is 5.28. The number of amides is 1. The summed E-state index contributed by atoms with van der Waals surface area (Å²) in [4.78, 5) is 17.6. The van der Waals surface area contributed by atoms with Crippen molar-refractivity contribution in [3.63, 3.8) is 0 Å². The minimum absolute atomic E-state index is 0.0623. The van der Waals surface area contributed by atoms with E-state index in [1.54, 1.807) is 34.8 Å². The predicted octanol–water partition coefficient (Wildman–Crippen LogP) is 4.26. The minimum atomic E-state index is -0.0623. The number of thiophene rings is 1. The molecule has 0 aliphatic rings. The Balaban J connectivity index is 1.41. The quantitative estimate of drug-likeness (QED) is 0.625. The van der Waals surface area contributed by atoms with Gasteiger partial charge in [-0.15, -0.1) is 22.7 Å². The van der Waals surface area contributed by atoms with Crippen molar-refractivity contribution in [1.29, 1.82) is 0 Å². The molecule has 0 bridgehead atoms. The molecule has 0 fully saturated rings. The molecule has 0 aliphatic heterocycles. The summed E-state index contributed by atoms with van der Waals surface area (Å²) in [6, 6.07) is 11.2. The molecule has 0 radical (unpaired) electrons. The fourth-order valence-electron chi connectivity index (χ4n) is 2.04. The normalized spacial score (nSPS) is 10.5. The van der Waals surface area contributed by atoms with Crippen molar-refractivity contribution in [3.8, 4) is 15.6 Å². The van der Waals surface area contributed by atoms with Crippen LogP contribution in [0.25, 0.3) is 9.88 Å². The standard InChI is InChI=1S/C17H15ClN2O2S2/c18-12-3-1-4-14(9-12)22-7-6-19-16(21)10-13-11-24-17(20-13)15-5-2-8-23-15/h1-5,8-9,11H,6-7,10H2,(H,19,21).